The Morgan fingerprint density at radius 2 is 1.78 bits per heavy atom. The van der Waals surface area contributed by atoms with Crippen LogP contribution in [-0.4, -0.2) is 38.3 Å². The quantitative estimate of drug-likeness (QED) is 0.805. The molecule has 2 aromatic rings. The number of hydrogen-bond donors (Lipinski definition) is 3. The third-order valence-corrected chi connectivity index (χ3v) is 4.14. The minimum absolute atomic E-state index is 0.286. The average Bonchev–Trinajstić information content (AvgIpc) is 3.09. The highest BCUT2D eigenvalue weighted by molar-refractivity contribution is 5.89. The second-order valence-electron chi connectivity index (χ2n) is 5.96. The number of rotatable bonds is 4. The minimum atomic E-state index is -0.759. The highest BCUT2D eigenvalue weighted by Gasteiger charge is 2.29. The van der Waals surface area contributed by atoms with E-state index in [0.29, 0.717) is 5.69 Å². The molecular formula is C16H21N5O2. The number of anilines is 1. The molecule has 0 spiro atoms. The highest BCUT2D eigenvalue weighted by Crippen LogP contribution is 2.27. The van der Waals surface area contributed by atoms with Gasteiger partial charge in [0, 0.05) is 12.2 Å². The molecule has 122 valence electrons. The molecule has 7 nitrogen and oxygen atoms in total. The molecule has 0 unspecified atom stereocenters. The number of carbonyl (C=O) groups excluding carboxylic acids is 1. The van der Waals surface area contributed by atoms with Gasteiger partial charge in [-0.15, -0.1) is 0 Å². The Morgan fingerprint density at radius 1 is 1.13 bits per heavy atom. The smallest absolute Gasteiger partial charge is 0.319 e. The first-order valence-corrected chi connectivity index (χ1v) is 7.89. The molecule has 0 aliphatic heterocycles. The number of nitrogens with zero attached hydrogens (tertiary/aromatic N) is 3. The monoisotopic (exact) mass is 315 g/mol. The largest absolute Gasteiger partial charge is 0.388 e. The summed E-state index contributed by atoms with van der Waals surface area (Å²) in [6, 6.07) is 6.91. The van der Waals surface area contributed by atoms with Crippen molar-refractivity contribution < 1.29 is 9.90 Å². The summed E-state index contributed by atoms with van der Waals surface area (Å²) in [7, 11) is 0. The van der Waals surface area contributed by atoms with Crippen LogP contribution in [0.3, 0.4) is 0 Å². The predicted molar refractivity (Wildman–Crippen MR) is 86.4 cm³/mol. The summed E-state index contributed by atoms with van der Waals surface area (Å²) in [6.07, 6.45) is 7.90. The molecule has 1 aliphatic carbocycles. The van der Waals surface area contributed by atoms with Crippen molar-refractivity contribution in [2.75, 3.05) is 11.9 Å². The van der Waals surface area contributed by atoms with Crippen molar-refractivity contribution in [2.24, 2.45) is 0 Å². The van der Waals surface area contributed by atoms with Crippen LogP contribution < -0.4 is 10.6 Å². The van der Waals surface area contributed by atoms with Crippen LogP contribution in [0.25, 0.3) is 5.69 Å². The van der Waals surface area contributed by atoms with Gasteiger partial charge in [0.15, 0.2) is 0 Å². The van der Waals surface area contributed by atoms with Crippen molar-refractivity contribution in [3.63, 3.8) is 0 Å². The molecule has 2 amide bonds. The van der Waals surface area contributed by atoms with Gasteiger partial charge in [0.1, 0.15) is 0 Å². The molecule has 1 fully saturated rings. The van der Waals surface area contributed by atoms with Gasteiger partial charge in [0.2, 0.25) is 0 Å². The first-order chi connectivity index (χ1) is 11.1. The Hall–Kier alpha value is -2.41. The zero-order valence-electron chi connectivity index (χ0n) is 12.9. The Balaban J connectivity index is 1.51. The fourth-order valence-corrected chi connectivity index (χ4v) is 2.83. The molecule has 7 heteroatoms. The summed E-state index contributed by atoms with van der Waals surface area (Å²) in [6.45, 7) is 0.286. The van der Waals surface area contributed by atoms with E-state index in [9.17, 15) is 9.90 Å². The minimum Gasteiger partial charge on any atom is -0.388 e. The lowest BCUT2D eigenvalue weighted by molar-refractivity contribution is 0.00755. The standard InChI is InChI=1S/C16H21N5O2/c22-15(17-12-16(23)8-2-1-3-9-16)20-13-4-6-14(7-5-13)21-18-10-11-19-21/h4-7,10-11,23H,1-3,8-9,12H2,(H2,17,20,22). The zero-order valence-corrected chi connectivity index (χ0v) is 12.9. The lowest BCUT2D eigenvalue weighted by atomic mass is 9.85. The molecule has 3 N–H and O–H groups in total. The first-order valence-electron chi connectivity index (χ1n) is 7.89. The van der Waals surface area contributed by atoms with Crippen LogP contribution in [0, 0.1) is 0 Å². The van der Waals surface area contributed by atoms with Crippen LogP contribution in [-0.2, 0) is 0 Å². The van der Waals surface area contributed by atoms with Gasteiger partial charge in [-0.2, -0.15) is 15.0 Å². The summed E-state index contributed by atoms with van der Waals surface area (Å²) in [5, 5.41) is 24.0. The maximum absolute atomic E-state index is 11.9. The van der Waals surface area contributed by atoms with Gasteiger partial charge < -0.3 is 15.7 Å². The summed E-state index contributed by atoms with van der Waals surface area (Å²) < 4.78 is 0. The summed E-state index contributed by atoms with van der Waals surface area (Å²) >= 11 is 0. The van der Waals surface area contributed by atoms with E-state index in [0.717, 1.165) is 37.8 Å². The van der Waals surface area contributed by atoms with E-state index in [-0.39, 0.29) is 12.6 Å². The fourth-order valence-electron chi connectivity index (χ4n) is 2.83. The van der Waals surface area contributed by atoms with Crippen molar-refractivity contribution >= 4 is 11.7 Å². The first kappa shape index (κ1) is 15.5. The van der Waals surface area contributed by atoms with Crippen molar-refractivity contribution in [3.05, 3.63) is 36.7 Å². The second kappa shape index (κ2) is 6.78. The van der Waals surface area contributed by atoms with Gasteiger partial charge in [-0.1, -0.05) is 19.3 Å². The van der Waals surface area contributed by atoms with Gasteiger partial charge in [-0.3, -0.25) is 0 Å². The zero-order chi connectivity index (χ0) is 16.1. The Kier molecular flexibility index (Phi) is 4.57. The second-order valence-corrected chi connectivity index (χ2v) is 5.96. The molecule has 0 bridgehead atoms. The van der Waals surface area contributed by atoms with Gasteiger partial charge in [0.05, 0.1) is 23.7 Å². The number of amides is 2. The lowest BCUT2D eigenvalue weighted by Crippen LogP contribution is -2.45. The topological polar surface area (TPSA) is 92.1 Å². The van der Waals surface area contributed by atoms with Gasteiger partial charge in [0.25, 0.3) is 0 Å². The third-order valence-electron chi connectivity index (χ3n) is 4.14. The number of nitrogens with one attached hydrogen (secondary N) is 2. The van der Waals surface area contributed by atoms with E-state index >= 15 is 0 Å². The van der Waals surface area contributed by atoms with Gasteiger partial charge in [-0.05, 0) is 37.1 Å². The molecular weight excluding hydrogens is 294 g/mol. The molecule has 23 heavy (non-hydrogen) atoms. The summed E-state index contributed by atoms with van der Waals surface area (Å²) in [5.74, 6) is 0. The Morgan fingerprint density at radius 3 is 2.43 bits per heavy atom. The number of urea groups is 1. The third kappa shape index (κ3) is 4.07. The normalized spacial score (nSPS) is 16.7. The van der Waals surface area contributed by atoms with E-state index in [1.54, 1.807) is 24.5 Å². The Bertz CT molecular complexity index is 633. The van der Waals surface area contributed by atoms with E-state index in [2.05, 4.69) is 20.8 Å². The van der Waals surface area contributed by atoms with E-state index in [1.165, 1.54) is 4.80 Å². The maximum atomic E-state index is 11.9. The fraction of sp³-hybridized carbons (Fsp3) is 0.438. The van der Waals surface area contributed by atoms with Crippen LogP contribution in [0.4, 0.5) is 10.5 Å². The van der Waals surface area contributed by atoms with Crippen molar-refractivity contribution in [2.45, 2.75) is 37.7 Å². The van der Waals surface area contributed by atoms with E-state index < -0.39 is 5.60 Å². The molecule has 3 rings (SSSR count). The van der Waals surface area contributed by atoms with E-state index in [4.69, 9.17) is 0 Å². The number of aliphatic hydroxyl groups is 1. The van der Waals surface area contributed by atoms with Crippen molar-refractivity contribution in [1.82, 2.24) is 20.3 Å². The van der Waals surface area contributed by atoms with Crippen LogP contribution >= 0.6 is 0 Å². The number of carbonyl (C=O) groups is 1. The summed E-state index contributed by atoms with van der Waals surface area (Å²) in [5.41, 5.74) is 0.733. The highest BCUT2D eigenvalue weighted by atomic mass is 16.3. The summed E-state index contributed by atoms with van der Waals surface area (Å²) in [4.78, 5) is 13.5. The van der Waals surface area contributed by atoms with Crippen LogP contribution in [0.5, 0.6) is 0 Å². The molecule has 1 heterocycles. The number of benzene rings is 1. The average molecular weight is 315 g/mol. The van der Waals surface area contributed by atoms with Crippen LogP contribution in [0.15, 0.2) is 36.7 Å². The van der Waals surface area contributed by atoms with Crippen molar-refractivity contribution in [3.8, 4) is 5.69 Å². The predicted octanol–water partition coefficient (Wildman–Crippen LogP) is 2.08. The van der Waals surface area contributed by atoms with Crippen molar-refractivity contribution in [1.29, 1.82) is 0 Å². The molecule has 0 saturated heterocycles. The molecule has 1 saturated carbocycles. The molecule has 1 aliphatic rings. The molecule has 1 aromatic carbocycles. The van der Waals surface area contributed by atoms with Crippen LogP contribution in [0.1, 0.15) is 32.1 Å². The molecule has 0 radical (unpaired) electrons. The number of aromatic nitrogens is 3. The van der Waals surface area contributed by atoms with Crippen LogP contribution in [0.2, 0.25) is 0 Å². The maximum Gasteiger partial charge on any atom is 0.319 e. The molecule has 1 aromatic heterocycles. The van der Waals surface area contributed by atoms with E-state index in [1.807, 2.05) is 12.1 Å². The van der Waals surface area contributed by atoms with Gasteiger partial charge in [-0.25, -0.2) is 4.79 Å². The SMILES string of the molecule is O=C(NCC1(O)CCCCC1)Nc1ccc(-n2nccn2)cc1. The Labute approximate surface area is 134 Å². The molecule has 0 atom stereocenters. The lowest BCUT2D eigenvalue weighted by Gasteiger charge is -2.32. The van der Waals surface area contributed by atoms with Gasteiger partial charge >= 0.3 is 6.03 Å². The number of hydrogen-bond acceptors (Lipinski definition) is 4.